The highest BCUT2D eigenvalue weighted by molar-refractivity contribution is 5.74. The van der Waals surface area contributed by atoms with Crippen molar-refractivity contribution in [3.63, 3.8) is 0 Å². The molecule has 2 bridgehead atoms. The fraction of sp³-hybridized carbons (Fsp3) is 0.348. The summed E-state index contributed by atoms with van der Waals surface area (Å²) in [6.07, 6.45) is 0.969. The maximum absolute atomic E-state index is 14.6. The summed E-state index contributed by atoms with van der Waals surface area (Å²) in [7, 11) is 3.51. The number of hydrogen-bond donors (Lipinski definition) is 1. The molecule has 8 heteroatoms. The van der Waals surface area contributed by atoms with Crippen molar-refractivity contribution in [2.75, 3.05) is 20.7 Å². The van der Waals surface area contributed by atoms with Gasteiger partial charge in [-0.1, -0.05) is 6.07 Å². The first kappa shape index (κ1) is 19.7. The Balaban J connectivity index is 1.33. The Kier molecular flexibility index (Phi) is 4.94. The molecule has 31 heavy (non-hydrogen) atoms. The van der Waals surface area contributed by atoms with Crippen molar-refractivity contribution in [1.82, 2.24) is 20.1 Å². The van der Waals surface area contributed by atoms with E-state index >= 15 is 0 Å². The zero-order valence-corrected chi connectivity index (χ0v) is 17.3. The van der Waals surface area contributed by atoms with Crippen LogP contribution in [0.5, 0.6) is 17.5 Å². The fourth-order valence-electron chi connectivity index (χ4n) is 4.62. The lowest BCUT2D eigenvalue weighted by Gasteiger charge is -2.31. The normalized spacial score (nSPS) is 25.0. The number of nitrogens with zero attached hydrogens (tertiary/aromatic N) is 4. The molecule has 0 unspecified atom stereocenters. The molecule has 1 aliphatic heterocycles. The molecule has 3 aromatic rings. The van der Waals surface area contributed by atoms with Crippen LogP contribution in [0.25, 0.3) is 22.4 Å². The van der Waals surface area contributed by atoms with E-state index in [0.717, 1.165) is 24.1 Å². The van der Waals surface area contributed by atoms with Gasteiger partial charge in [0.1, 0.15) is 11.9 Å². The van der Waals surface area contributed by atoms with Gasteiger partial charge in [0, 0.05) is 42.4 Å². The number of hydrogen-bond acceptors (Lipinski definition) is 7. The minimum Gasteiger partial charge on any atom is -0.507 e. The molecule has 4 atom stereocenters. The molecule has 1 N–H and O–H groups in total. The second-order valence-electron chi connectivity index (χ2n) is 8.11. The molecule has 1 saturated heterocycles. The van der Waals surface area contributed by atoms with Crippen LogP contribution in [0.1, 0.15) is 6.42 Å². The van der Waals surface area contributed by atoms with E-state index in [4.69, 9.17) is 9.47 Å². The van der Waals surface area contributed by atoms with Gasteiger partial charge in [0.2, 0.25) is 11.8 Å². The fourth-order valence-corrected chi connectivity index (χ4v) is 4.62. The highest BCUT2D eigenvalue weighted by atomic mass is 19.1. The number of aromatic hydroxyl groups is 1. The molecule has 1 aliphatic carbocycles. The van der Waals surface area contributed by atoms with Gasteiger partial charge >= 0.3 is 0 Å². The predicted octanol–water partition coefficient (Wildman–Crippen LogP) is 3.34. The summed E-state index contributed by atoms with van der Waals surface area (Å²) >= 11 is 0. The van der Waals surface area contributed by atoms with Crippen molar-refractivity contribution in [3.05, 3.63) is 48.7 Å². The van der Waals surface area contributed by atoms with Crippen LogP contribution in [0.2, 0.25) is 0 Å². The molecule has 3 heterocycles. The van der Waals surface area contributed by atoms with Crippen LogP contribution in [0.4, 0.5) is 4.39 Å². The van der Waals surface area contributed by atoms with Gasteiger partial charge in [-0.15, -0.1) is 10.2 Å². The third kappa shape index (κ3) is 3.57. The molecule has 2 fully saturated rings. The lowest BCUT2D eigenvalue weighted by Crippen LogP contribution is -2.46. The number of pyridine rings is 1. The van der Waals surface area contributed by atoms with Crippen molar-refractivity contribution in [3.8, 4) is 39.9 Å². The van der Waals surface area contributed by atoms with Crippen molar-refractivity contribution in [2.45, 2.75) is 24.7 Å². The minimum atomic E-state index is -1.02. The maximum atomic E-state index is 14.6. The molecule has 1 aromatic carbocycles. The van der Waals surface area contributed by atoms with Crippen LogP contribution in [0.3, 0.4) is 0 Å². The van der Waals surface area contributed by atoms with Crippen LogP contribution in [0.15, 0.2) is 48.7 Å². The van der Waals surface area contributed by atoms with E-state index in [1.54, 1.807) is 43.6 Å². The van der Waals surface area contributed by atoms with Gasteiger partial charge in [-0.3, -0.25) is 4.90 Å². The first-order chi connectivity index (χ1) is 15.0. The summed E-state index contributed by atoms with van der Waals surface area (Å²) in [5.74, 6) is 1.05. The average Bonchev–Trinajstić information content (AvgIpc) is 3.31. The third-order valence-corrected chi connectivity index (χ3v) is 6.23. The Morgan fingerprint density at radius 1 is 1.06 bits per heavy atom. The molecule has 5 rings (SSSR count). The van der Waals surface area contributed by atoms with E-state index in [-0.39, 0.29) is 17.7 Å². The highest BCUT2D eigenvalue weighted by Crippen LogP contribution is 2.41. The second-order valence-corrected chi connectivity index (χ2v) is 8.11. The number of phenols is 1. The smallest absolute Gasteiger partial charge is 0.233 e. The molecule has 0 radical (unpaired) electrons. The Bertz CT molecular complexity index is 1090. The zero-order chi connectivity index (χ0) is 21.5. The molecule has 1 saturated carbocycles. The molecular weight excluding hydrogens is 399 g/mol. The van der Waals surface area contributed by atoms with Crippen LogP contribution in [0, 0.1) is 5.92 Å². The number of alkyl halides is 1. The number of likely N-dealkylation sites (tertiary alicyclic amines) is 1. The van der Waals surface area contributed by atoms with Gasteiger partial charge in [-0.25, -0.2) is 9.37 Å². The number of aromatic nitrogens is 3. The first-order valence-electron chi connectivity index (χ1n) is 10.2. The number of benzene rings is 1. The standard InChI is InChI=1S/C23H23FN4O3/c1-28-12-15-9-18(28)22(24)23(15)31-20-6-5-17(26-27-20)16-4-3-13(10-19(16)29)14-7-8-25-21(11-14)30-2/h3-8,10-11,15,18,22-23,29H,9,12H2,1-2H3/t15-,18-,22-,23-/m0/s1. The van der Waals surface area contributed by atoms with E-state index < -0.39 is 12.3 Å². The largest absolute Gasteiger partial charge is 0.507 e. The van der Waals surface area contributed by atoms with E-state index in [2.05, 4.69) is 20.1 Å². The zero-order valence-electron chi connectivity index (χ0n) is 17.3. The van der Waals surface area contributed by atoms with Gasteiger partial charge in [0.25, 0.3) is 0 Å². The topological polar surface area (TPSA) is 80.6 Å². The number of piperidine rings is 1. The summed E-state index contributed by atoms with van der Waals surface area (Å²) in [4.78, 5) is 6.15. The number of methoxy groups -OCH3 is 1. The van der Waals surface area contributed by atoms with Crippen LogP contribution < -0.4 is 9.47 Å². The summed E-state index contributed by atoms with van der Waals surface area (Å²) in [5, 5.41) is 18.9. The Morgan fingerprint density at radius 3 is 2.58 bits per heavy atom. The summed E-state index contributed by atoms with van der Waals surface area (Å²) in [5.41, 5.74) is 2.76. The monoisotopic (exact) mass is 422 g/mol. The molecule has 160 valence electrons. The van der Waals surface area contributed by atoms with Gasteiger partial charge in [0.15, 0.2) is 6.17 Å². The van der Waals surface area contributed by atoms with Crippen LogP contribution in [-0.4, -0.2) is 64.2 Å². The Hall–Kier alpha value is -3.26. The van der Waals surface area contributed by atoms with Crippen molar-refractivity contribution < 1.29 is 19.0 Å². The van der Waals surface area contributed by atoms with E-state index in [9.17, 15) is 9.50 Å². The van der Waals surface area contributed by atoms with Gasteiger partial charge in [0.05, 0.1) is 12.8 Å². The SMILES string of the molecule is COc1cc(-c2ccc(-c3ccc(O[C@H]4[C@H]5C[C@@H]([C@@H]4F)N(C)C5)nn3)c(O)c2)ccn1. The summed E-state index contributed by atoms with van der Waals surface area (Å²) < 4.78 is 25.6. The number of fused-ring (bicyclic) bond motifs is 2. The number of rotatable bonds is 5. The number of ether oxygens (including phenoxy) is 2. The number of halogens is 1. The van der Waals surface area contributed by atoms with Crippen molar-refractivity contribution in [2.24, 2.45) is 5.92 Å². The molecule has 0 spiro atoms. The summed E-state index contributed by atoms with van der Waals surface area (Å²) in [6, 6.07) is 12.3. The van der Waals surface area contributed by atoms with Crippen molar-refractivity contribution in [1.29, 1.82) is 0 Å². The Morgan fingerprint density at radius 2 is 1.90 bits per heavy atom. The lowest BCUT2D eigenvalue weighted by atomic mass is 10.0. The molecule has 2 aliphatic rings. The van der Waals surface area contributed by atoms with E-state index in [1.807, 2.05) is 19.2 Å². The minimum absolute atomic E-state index is 0.0712. The van der Waals surface area contributed by atoms with Gasteiger partial charge < -0.3 is 14.6 Å². The lowest BCUT2D eigenvalue weighted by molar-refractivity contribution is 0.0220. The summed E-state index contributed by atoms with van der Waals surface area (Å²) in [6.45, 7) is 0.838. The third-order valence-electron chi connectivity index (χ3n) is 6.23. The van der Waals surface area contributed by atoms with Gasteiger partial charge in [-0.05, 0) is 48.9 Å². The molecule has 0 amide bonds. The van der Waals surface area contributed by atoms with Crippen molar-refractivity contribution >= 4 is 0 Å². The Labute approximate surface area is 179 Å². The molecule has 7 nitrogen and oxygen atoms in total. The van der Waals surface area contributed by atoms with Crippen LogP contribution >= 0.6 is 0 Å². The van der Waals surface area contributed by atoms with E-state index in [0.29, 0.717) is 23.0 Å². The highest BCUT2D eigenvalue weighted by Gasteiger charge is 2.52. The number of phenolic OH excluding ortho intramolecular Hbond substituents is 1. The average molecular weight is 422 g/mol. The molecule has 2 aromatic heterocycles. The van der Waals surface area contributed by atoms with Gasteiger partial charge in [-0.2, -0.15) is 0 Å². The maximum Gasteiger partial charge on any atom is 0.233 e. The predicted molar refractivity (Wildman–Crippen MR) is 113 cm³/mol. The molecular formula is C23H23FN4O3. The first-order valence-corrected chi connectivity index (χ1v) is 10.2. The van der Waals surface area contributed by atoms with Crippen LogP contribution in [-0.2, 0) is 0 Å². The van der Waals surface area contributed by atoms with E-state index in [1.165, 1.54) is 0 Å². The quantitative estimate of drug-likeness (QED) is 0.675. The second kappa shape index (κ2) is 7.77.